The zero-order valence-electron chi connectivity index (χ0n) is 19.4. The van der Waals surface area contributed by atoms with Gasteiger partial charge in [-0.15, -0.1) is 0 Å². The zero-order valence-corrected chi connectivity index (χ0v) is 19.4. The van der Waals surface area contributed by atoms with Crippen LogP contribution in [0.2, 0.25) is 0 Å². The molecule has 5 rings (SSSR count). The quantitative estimate of drug-likeness (QED) is 0.675. The first-order valence-corrected chi connectivity index (χ1v) is 12.1. The van der Waals surface area contributed by atoms with Gasteiger partial charge in [0.2, 0.25) is 17.7 Å². The van der Waals surface area contributed by atoms with Crippen LogP contribution in [-0.2, 0) is 9.59 Å². The number of amides is 2. The van der Waals surface area contributed by atoms with Crippen LogP contribution in [0, 0.1) is 11.8 Å². The molecule has 2 amide bonds. The number of hydrogen-bond donors (Lipinski definition) is 1. The number of carbonyl (C=O) groups excluding carboxylic acids is 2. The van der Waals surface area contributed by atoms with Crippen LogP contribution < -0.4 is 15.0 Å². The van der Waals surface area contributed by atoms with Crippen molar-refractivity contribution in [3.63, 3.8) is 0 Å². The number of carbonyl (C=O) groups is 2. The predicted molar refractivity (Wildman–Crippen MR) is 125 cm³/mol. The third kappa shape index (κ3) is 5.52. The van der Waals surface area contributed by atoms with Gasteiger partial charge in [0, 0.05) is 50.5 Å². The standard InChI is InChI=1S/C25H29F2N5O3/c26-25(27)9-5-17(6-10-25)24(34)31-12-8-22(16-31)35-21-3-1-19(2-4-21)30-23(33)18-14-32(15-18)20-7-11-28-29-13-20/h1-4,7,11,13,17-18,22H,5-6,8-10,12,14-16H2,(H,30,33)/t22-/m1/s1. The maximum absolute atomic E-state index is 13.4. The lowest BCUT2D eigenvalue weighted by Crippen LogP contribution is -2.52. The van der Waals surface area contributed by atoms with E-state index in [2.05, 4.69) is 20.4 Å². The van der Waals surface area contributed by atoms with E-state index < -0.39 is 5.92 Å². The van der Waals surface area contributed by atoms with Crippen LogP contribution in [0.5, 0.6) is 5.75 Å². The highest BCUT2D eigenvalue weighted by molar-refractivity contribution is 5.94. The van der Waals surface area contributed by atoms with E-state index in [1.807, 2.05) is 6.07 Å². The summed E-state index contributed by atoms with van der Waals surface area (Å²) in [6.45, 7) is 2.33. The molecule has 10 heteroatoms. The normalized spacial score (nSPS) is 22.5. The van der Waals surface area contributed by atoms with Crippen LogP contribution in [0.15, 0.2) is 42.7 Å². The largest absolute Gasteiger partial charge is 0.489 e. The van der Waals surface area contributed by atoms with Crippen LogP contribution >= 0.6 is 0 Å². The van der Waals surface area contributed by atoms with Gasteiger partial charge in [-0.05, 0) is 43.2 Å². The number of aromatic nitrogens is 2. The summed E-state index contributed by atoms with van der Waals surface area (Å²) < 4.78 is 32.8. The average molecular weight is 486 g/mol. The molecule has 0 unspecified atom stereocenters. The number of anilines is 2. The number of nitrogens with zero attached hydrogens (tertiary/aromatic N) is 4. The first-order chi connectivity index (χ1) is 16.9. The summed E-state index contributed by atoms with van der Waals surface area (Å²) >= 11 is 0. The third-order valence-corrected chi connectivity index (χ3v) is 7.13. The highest BCUT2D eigenvalue weighted by Crippen LogP contribution is 2.37. The topological polar surface area (TPSA) is 87.7 Å². The minimum atomic E-state index is -2.63. The van der Waals surface area contributed by atoms with E-state index in [0.717, 1.165) is 5.69 Å². The van der Waals surface area contributed by atoms with E-state index in [9.17, 15) is 18.4 Å². The molecule has 1 saturated carbocycles. The number of rotatable bonds is 6. The van der Waals surface area contributed by atoms with Crippen LogP contribution in [0.4, 0.5) is 20.2 Å². The van der Waals surface area contributed by atoms with Gasteiger partial charge in [0.05, 0.1) is 30.5 Å². The van der Waals surface area contributed by atoms with Crippen LogP contribution in [0.3, 0.4) is 0 Å². The summed E-state index contributed by atoms with van der Waals surface area (Å²) in [5.41, 5.74) is 1.65. The van der Waals surface area contributed by atoms with Gasteiger partial charge in [0.15, 0.2) is 0 Å². The molecule has 8 nitrogen and oxygen atoms in total. The van der Waals surface area contributed by atoms with Gasteiger partial charge >= 0.3 is 0 Å². The van der Waals surface area contributed by atoms with Gasteiger partial charge in [-0.2, -0.15) is 10.2 Å². The Balaban J connectivity index is 1.06. The smallest absolute Gasteiger partial charge is 0.248 e. The molecular weight excluding hydrogens is 456 g/mol. The van der Waals surface area contributed by atoms with E-state index in [4.69, 9.17) is 4.74 Å². The summed E-state index contributed by atoms with van der Waals surface area (Å²) in [6, 6.07) is 9.08. The molecule has 186 valence electrons. The maximum atomic E-state index is 13.4. The Morgan fingerprint density at radius 1 is 0.971 bits per heavy atom. The van der Waals surface area contributed by atoms with Crippen molar-refractivity contribution < 1.29 is 23.1 Å². The molecule has 3 fully saturated rings. The monoisotopic (exact) mass is 485 g/mol. The second-order valence-electron chi connectivity index (χ2n) is 9.66. The van der Waals surface area contributed by atoms with Gasteiger partial charge in [-0.3, -0.25) is 9.59 Å². The predicted octanol–water partition coefficient (Wildman–Crippen LogP) is 3.36. The highest BCUT2D eigenvalue weighted by Gasteiger charge is 2.40. The molecule has 2 aromatic rings. The number of likely N-dealkylation sites (tertiary alicyclic amines) is 1. The van der Waals surface area contributed by atoms with Crippen molar-refractivity contribution in [3.8, 4) is 5.75 Å². The highest BCUT2D eigenvalue weighted by atomic mass is 19.3. The molecule has 1 N–H and O–H groups in total. The number of benzene rings is 1. The molecular formula is C25H29F2N5O3. The fourth-order valence-electron chi connectivity index (χ4n) is 4.95. The van der Waals surface area contributed by atoms with Crippen molar-refractivity contribution in [1.29, 1.82) is 0 Å². The Hall–Kier alpha value is -3.30. The van der Waals surface area contributed by atoms with Crippen LogP contribution in [0.25, 0.3) is 0 Å². The van der Waals surface area contributed by atoms with Crippen LogP contribution in [0.1, 0.15) is 32.1 Å². The molecule has 2 aliphatic heterocycles. The summed E-state index contributed by atoms with van der Waals surface area (Å²) in [6.07, 6.45) is 3.98. The van der Waals surface area contributed by atoms with E-state index in [0.29, 0.717) is 44.0 Å². The fraction of sp³-hybridized carbons (Fsp3) is 0.520. The van der Waals surface area contributed by atoms with Gasteiger partial charge < -0.3 is 19.9 Å². The van der Waals surface area contributed by atoms with Crippen LogP contribution in [-0.4, -0.2) is 65.1 Å². The average Bonchev–Trinajstić information content (AvgIpc) is 3.28. The molecule has 35 heavy (non-hydrogen) atoms. The van der Waals surface area contributed by atoms with E-state index in [1.54, 1.807) is 41.6 Å². The number of alkyl halides is 2. The minimum Gasteiger partial charge on any atom is -0.489 e. The lowest BCUT2D eigenvalue weighted by Gasteiger charge is -2.39. The maximum Gasteiger partial charge on any atom is 0.248 e. The molecule has 0 spiro atoms. The van der Waals surface area contributed by atoms with Crippen molar-refractivity contribution in [2.45, 2.75) is 44.1 Å². The molecule has 2 saturated heterocycles. The first-order valence-electron chi connectivity index (χ1n) is 12.1. The number of ether oxygens (including phenoxy) is 1. The Kier molecular flexibility index (Phi) is 6.53. The van der Waals surface area contributed by atoms with Crippen molar-refractivity contribution in [3.05, 3.63) is 42.7 Å². The summed E-state index contributed by atoms with van der Waals surface area (Å²) in [5.74, 6) is -2.41. The molecule has 0 bridgehead atoms. The SMILES string of the molecule is O=C(Nc1ccc(O[C@@H]2CCN(C(=O)C3CCC(F)(F)CC3)C2)cc1)C1CN(c2ccnnc2)C1. The van der Waals surface area contributed by atoms with E-state index in [-0.39, 0.29) is 55.4 Å². The molecule has 0 radical (unpaired) electrons. The summed E-state index contributed by atoms with van der Waals surface area (Å²) in [5, 5.41) is 10.6. The molecule has 1 atom stereocenters. The zero-order chi connectivity index (χ0) is 24.4. The lowest BCUT2D eigenvalue weighted by molar-refractivity contribution is -0.138. The molecule has 3 aliphatic rings. The number of halogens is 2. The second-order valence-corrected chi connectivity index (χ2v) is 9.66. The molecule has 1 aromatic heterocycles. The molecule has 1 aromatic carbocycles. The van der Waals surface area contributed by atoms with Crippen molar-refractivity contribution >= 4 is 23.2 Å². The summed E-state index contributed by atoms with van der Waals surface area (Å²) in [7, 11) is 0. The van der Waals surface area contributed by atoms with Crippen molar-refractivity contribution in [2.75, 3.05) is 36.4 Å². The van der Waals surface area contributed by atoms with E-state index in [1.165, 1.54) is 0 Å². The fourth-order valence-corrected chi connectivity index (χ4v) is 4.95. The number of nitrogens with one attached hydrogen (secondary N) is 1. The Morgan fingerprint density at radius 3 is 2.40 bits per heavy atom. The second kappa shape index (κ2) is 9.75. The van der Waals surface area contributed by atoms with Gasteiger partial charge in [-0.1, -0.05) is 0 Å². The Bertz CT molecular complexity index is 1040. The van der Waals surface area contributed by atoms with Gasteiger partial charge in [-0.25, -0.2) is 8.78 Å². The number of hydrogen-bond acceptors (Lipinski definition) is 6. The summed E-state index contributed by atoms with van der Waals surface area (Å²) in [4.78, 5) is 29.1. The lowest BCUT2D eigenvalue weighted by atomic mass is 9.86. The van der Waals surface area contributed by atoms with Crippen molar-refractivity contribution in [1.82, 2.24) is 15.1 Å². The van der Waals surface area contributed by atoms with Gasteiger partial charge in [0.25, 0.3) is 0 Å². The van der Waals surface area contributed by atoms with Gasteiger partial charge in [0.1, 0.15) is 11.9 Å². The third-order valence-electron chi connectivity index (χ3n) is 7.13. The Morgan fingerprint density at radius 2 is 1.71 bits per heavy atom. The molecule has 1 aliphatic carbocycles. The first kappa shape index (κ1) is 23.4. The minimum absolute atomic E-state index is 0.0256. The van der Waals surface area contributed by atoms with E-state index >= 15 is 0 Å². The van der Waals surface area contributed by atoms with Crippen molar-refractivity contribution in [2.24, 2.45) is 11.8 Å². The Labute approximate surface area is 202 Å². The molecule has 3 heterocycles.